The minimum Gasteiger partial charge on any atom is -0.313 e. The Balaban J connectivity index is 2.33. The number of carbonyl (C=O) groups excluding carboxylic acids is 1. The van der Waals surface area contributed by atoms with E-state index in [1.54, 1.807) is 31.3 Å². The van der Waals surface area contributed by atoms with Crippen molar-refractivity contribution in [2.75, 3.05) is 11.9 Å². The molecule has 0 radical (unpaired) electrons. The van der Waals surface area contributed by atoms with Gasteiger partial charge in [-0.2, -0.15) is 10.5 Å². The van der Waals surface area contributed by atoms with Gasteiger partial charge in [0.15, 0.2) is 0 Å². The van der Waals surface area contributed by atoms with Crippen LogP contribution in [0.2, 0.25) is 0 Å². The van der Waals surface area contributed by atoms with Crippen molar-refractivity contribution >= 4 is 11.6 Å². The average molecular weight is 239 g/mol. The summed E-state index contributed by atoms with van der Waals surface area (Å²) in [5.74, 6) is -0.209. The van der Waals surface area contributed by atoms with E-state index >= 15 is 0 Å². The van der Waals surface area contributed by atoms with Crippen molar-refractivity contribution in [1.29, 1.82) is 10.5 Å². The van der Waals surface area contributed by atoms with Crippen LogP contribution in [0.4, 0.5) is 5.69 Å². The van der Waals surface area contributed by atoms with Crippen molar-refractivity contribution in [2.45, 2.75) is 19.3 Å². The molecule has 4 nitrogen and oxygen atoms in total. The predicted molar refractivity (Wildman–Crippen MR) is 66.5 cm³/mol. The number of carbonyl (C=O) groups is 1. The summed E-state index contributed by atoms with van der Waals surface area (Å²) < 4.78 is 0. The second-order valence-corrected chi connectivity index (χ2v) is 4.54. The van der Waals surface area contributed by atoms with Gasteiger partial charge in [-0.15, -0.1) is 0 Å². The van der Waals surface area contributed by atoms with E-state index in [2.05, 4.69) is 12.1 Å². The van der Waals surface area contributed by atoms with E-state index in [-0.39, 0.29) is 5.91 Å². The lowest BCUT2D eigenvalue weighted by molar-refractivity contribution is -0.128. The third kappa shape index (κ3) is 1.72. The molecule has 0 spiro atoms. The molecule has 1 amide bonds. The minimum atomic E-state index is -0.878. The fourth-order valence-electron chi connectivity index (χ4n) is 2.19. The van der Waals surface area contributed by atoms with Gasteiger partial charge in [-0.25, -0.2) is 0 Å². The Morgan fingerprint density at radius 2 is 2.00 bits per heavy atom. The summed E-state index contributed by atoms with van der Waals surface area (Å²) in [5, 5.41) is 18.2. The summed E-state index contributed by atoms with van der Waals surface area (Å²) >= 11 is 0. The van der Waals surface area contributed by atoms with Crippen molar-refractivity contribution in [3.63, 3.8) is 0 Å². The lowest BCUT2D eigenvalue weighted by Gasteiger charge is -2.36. The van der Waals surface area contributed by atoms with Crippen LogP contribution < -0.4 is 4.90 Å². The van der Waals surface area contributed by atoms with E-state index in [1.807, 2.05) is 0 Å². The molecule has 0 atom stereocenters. The zero-order valence-corrected chi connectivity index (χ0v) is 10.2. The first kappa shape index (κ1) is 12.1. The molecule has 1 fully saturated rings. The smallest absolute Gasteiger partial charge is 0.247 e. The van der Waals surface area contributed by atoms with Gasteiger partial charge in [-0.1, -0.05) is 12.1 Å². The maximum Gasteiger partial charge on any atom is 0.247 e. The van der Waals surface area contributed by atoms with Crippen molar-refractivity contribution in [3.8, 4) is 12.1 Å². The number of hydrogen-bond acceptors (Lipinski definition) is 3. The normalized spacial score (nSPS) is 15.9. The highest BCUT2D eigenvalue weighted by Gasteiger charge is 2.46. The summed E-state index contributed by atoms with van der Waals surface area (Å²) in [5.41, 5.74) is 0.129. The van der Waals surface area contributed by atoms with Crippen LogP contribution in [0.15, 0.2) is 24.3 Å². The number of benzene rings is 1. The Bertz CT molecular complexity index is 561. The molecule has 1 aromatic rings. The van der Waals surface area contributed by atoms with Crippen molar-refractivity contribution in [1.82, 2.24) is 0 Å². The van der Waals surface area contributed by atoms with Crippen LogP contribution in [0.25, 0.3) is 0 Å². The molecule has 1 aliphatic rings. The molecule has 0 aromatic heterocycles. The maximum absolute atomic E-state index is 12.3. The fourth-order valence-corrected chi connectivity index (χ4v) is 2.19. The summed E-state index contributed by atoms with van der Waals surface area (Å²) in [6.07, 6.45) is 2.13. The molecule has 2 rings (SSSR count). The number of hydrogen-bond donors (Lipinski definition) is 0. The van der Waals surface area contributed by atoms with Crippen LogP contribution in [-0.2, 0) is 4.79 Å². The molecule has 18 heavy (non-hydrogen) atoms. The Morgan fingerprint density at radius 3 is 2.50 bits per heavy atom. The van der Waals surface area contributed by atoms with Crippen molar-refractivity contribution < 1.29 is 4.79 Å². The molecule has 0 unspecified atom stereocenters. The zero-order valence-electron chi connectivity index (χ0n) is 10.2. The van der Waals surface area contributed by atoms with Gasteiger partial charge in [-0.05, 0) is 31.4 Å². The average Bonchev–Trinajstić information content (AvgIpc) is 2.37. The van der Waals surface area contributed by atoms with E-state index in [1.165, 1.54) is 4.90 Å². The first-order valence-electron chi connectivity index (χ1n) is 5.83. The number of rotatable bonds is 2. The Kier molecular flexibility index (Phi) is 3.04. The van der Waals surface area contributed by atoms with E-state index < -0.39 is 5.41 Å². The van der Waals surface area contributed by atoms with Gasteiger partial charge in [0, 0.05) is 7.05 Å². The minimum absolute atomic E-state index is 0.209. The van der Waals surface area contributed by atoms with Gasteiger partial charge in [0.05, 0.1) is 17.3 Å². The number of nitriles is 2. The molecule has 90 valence electrons. The second-order valence-electron chi connectivity index (χ2n) is 4.54. The van der Waals surface area contributed by atoms with Gasteiger partial charge in [-0.3, -0.25) is 4.79 Å². The molecule has 0 heterocycles. The summed E-state index contributed by atoms with van der Waals surface area (Å²) in [4.78, 5) is 13.8. The molecule has 1 aliphatic carbocycles. The van der Waals surface area contributed by atoms with Crippen molar-refractivity contribution in [2.24, 2.45) is 5.41 Å². The van der Waals surface area contributed by atoms with Crippen molar-refractivity contribution in [3.05, 3.63) is 29.8 Å². The maximum atomic E-state index is 12.3. The highest BCUT2D eigenvalue weighted by molar-refractivity contribution is 6.00. The van der Waals surface area contributed by atoms with E-state index in [0.29, 0.717) is 24.1 Å². The molecule has 0 aliphatic heterocycles. The summed E-state index contributed by atoms with van der Waals surface area (Å²) in [6.45, 7) is 0. The molecular formula is C14H13N3O. The van der Waals surface area contributed by atoms with Gasteiger partial charge in [0.1, 0.15) is 11.5 Å². The monoisotopic (exact) mass is 239 g/mol. The van der Waals surface area contributed by atoms with Crippen LogP contribution in [0, 0.1) is 28.1 Å². The van der Waals surface area contributed by atoms with E-state index in [4.69, 9.17) is 10.5 Å². The third-order valence-electron chi connectivity index (χ3n) is 3.52. The zero-order chi connectivity index (χ0) is 13.2. The predicted octanol–water partition coefficient (Wildman–Crippen LogP) is 2.21. The highest BCUT2D eigenvalue weighted by Crippen LogP contribution is 2.42. The third-order valence-corrected chi connectivity index (χ3v) is 3.52. The number of anilines is 1. The lowest BCUT2D eigenvalue weighted by atomic mass is 9.69. The standard InChI is InChI=1S/C14H13N3O/c1-17(12-6-3-2-5-11(12)9-15)13(18)14(10-16)7-4-8-14/h2-3,5-6H,4,7-8H2,1H3. The molecule has 1 aromatic carbocycles. The van der Waals surface area contributed by atoms with Crippen LogP contribution in [0.5, 0.6) is 0 Å². The van der Waals surface area contributed by atoms with Gasteiger partial charge in [0.2, 0.25) is 5.91 Å². The SMILES string of the molecule is CN(C(=O)C1(C#N)CCC1)c1ccccc1C#N. The second kappa shape index (κ2) is 4.50. The molecular weight excluding hydrogens is 226 g/mol. The Morgan fingerprint density at radius 1 is 1.33 bits per heavy atom. The van der Waals surface area contributed by atoms with E-state index in [0.717, 1.165) is 6.42 Å². The molecule has 1 saturated carbocycles. The van der Waals surface area contributed by atoms with Crippen LogP contribution in [0.1, 0.15) is 24.8 Å². The molecule has 4 heteroatoms. The topological polar surface area (TPSA) is 67.9 Å². The Hall–Kier alpha value is -2.33. The lowest BCUT2D eigenvalue weighted by Crippen LogP contribution is -2.45. The number of nitrogens with zero attached hydrogens (tertiary/aromatic N) is 3. The highest BCUT2D eigenvalue weighted by atomic mass is 16.2. The van der Waals surface area contributed by atoms with Crippen LogP contribution >= 0.6 is 0 Å². The molecule has 0 N–H and O–H groups in total. The first-order chi connectivity index (χ1) is 8.64. The van der Waals surface area contributed by atoms with E-state index in [9.17, 15) is 4.79 Å². The van der Waals surface area contributed by atoms with Crippen LogP contribution in [-0.4, -0.2) is 13.0 Å². The summed E-state index contributed by atoms with van der Waals surface area (Å²) in [7, 11) is 1.62. The van der Waals surface area contributed by atoms with Gasteiger partial charge < -0.3 is 4.90 Å². The van der Waals surface area contributed by atoms with Crippen LogP contribution in [0.3, 0.4) is 0 Å². The number of amides is 1. The molecule has 0 saturated heterocycles. The summed E-state index contributed by atoms with van der Waals surface area (Å²) in [6, 6.07) is 11.1. The van der Waals surface area contributed by atoms with Gasteiger partial charge >= 0.3 is 0 Å². The Labute approximate surface area is 106 Å². The molecule has 0 bridgehead atoms. The fraction of sp³-hybridized carbons (Fsp3) is 0.357. The van der Waals surface area contributed by atoms with Gasteiger partial charge in [0.25, 0.3) is 0 Å². The largest absolute Gasteiger partial charge is 0.313 e. The quantitative estimate of drug-likeness (QED) is 0.794. The number of para-hydroxylation sites is 1. The first-order valence-corrected chi connectivity index (χ1v) is 5.83.